The van der Waals surface area contributed by atoms with Crippen LogP contribution in [0, 0.1) is 11.2 Å². The lowest BCUT2D eigenvalue weighted by molar-refractivity contribution is -0.0139. The predicted molar refractivity (Wildman–Crippen MR) is 102 cm³/mol. The molecule has 3 atom stereocenters. The molecule has 0 radical (unpaired) electrons. The lowest BCUT2D eigenvalue weighted by Crippen LogP contribution is -2.57. The van der Waals surface area contributed by atoms with Gasteiger partial charge in [-0.3, -0.25) is 0 Å². The quantitative estimate of drug-likeness (QED) is 0.721. The Kier molecular flexibility index (Phi) is 5.53. The van der Waals surface area contributed by atoms with Crippen LogP contribution in [0.25, 0.3) is 0 Å². The summed E-state index contributed by atoms with van der Waals surface area (Å²) < 4.78 is 46.6. The molecule has 0 amide bonds. The lowest BCUT2D eigenvalue weighted by Gasteiger charge is -2.46. The Hall–Kier alpha value is -0.790. The zero-order chi connectivity index (χ0) is 19.2. The first-order valence-corrected chi connectivity index (χ1v) is 10.5. The molecule has 0 saturated carbocycles. The highest BCUT2D eigenvalue weighted by molar-refractivity contribution is 9.10. The van der Waals surface area contributed by atoms with E-state index < -0.39 is 31.1 Å². The van der Waals surface area contributed by atoms with Gasteiger partial charge in [0.05, 0.1) is 18.0 Å². The molecule has 0 spiro atoms. The summed E-state index contributed by atoms with van der Waals surface area (Å²) in [4.78, 5) is 0. The minimum Gasteiger partial charge on any atom is -0.378 e. The number of benzene rings is 1. The van der Waals surface area contributed by atoms with E-state index in [4.69, 9.17) is 10.1 Å². The van der Waals surface area contributed by atoms with Gasteiger partial charge in [-0.15, -0.1) is 0 Å². The van der Waals surface area contributed by atoms with E-state index in [0.29, 0.717) is 10.0 Å². The summed E-state index contributed by atoms with van der Waals surface area (Å²) in [5, 5.41) is 7.10. The molecule has 1 heterocycles. The van der Waals surface area contributed by atoms with Gasteiger partial charge in [0.1, 0.15) is 10.6 Å². The number of nitrogens with one attached hydrogen (secondary N) is 1. The number of halogens is 2. The third kappa shape index (κ3) is 3.43. The summed E-state index contributed by atoms with van der Waals surface area (Å²) in [5.74, 6) is -0.451. The van der Waals surface area contributed by atoms with Crippen molar-refractivity contribution in [3.63, 3.8) is 0 Å². The van der Waals surface area contributed by atoms with E-state index in [2.05, 4.69) is 15.9 Å². The molecule has 1 saturated heterocycles. The number of sulfone groups is 1. The van der Waals surface area contributed by atoms with Crippen LogP contribution in [0.1, 0.15) is 46.6 Å². The third-order valence-electron chi connectivity index (χ3n) is 5.46. The van der Waals surface area contributed by atoms with Gasteiger partial charge in [-0.05, 0) is 57.9 Å². The Labute approximate surface area is 157 Å². The largest absolute Gasteiger partial charge is 0.378 e. The first-order chi connectivity index (χ1) is 11.3. The molecule has 3 unspecified atom stereocenters. The Balaban J connectivity index is 2.67. The molecule has 7 heteroatoms. The minimum atomic E-state index is -3.77. The zero-order valence-electron chi connectivity index (χ0n) is 15.2. The van der Waals surface area contributed by atoms with Crippen molar-refractivity contribution in [2.75, 3.05) is 6.61 Å². The Morgan fingerprint density at radius 2 is 2.04 bits per heavy atom. The van der Waals surface area contributed by atoms with Gasteiger partial charge in [-0.1, -0.05) is 22.9 Å². The topological polar surface area (TPSA) is 67.2 Å². The van der Waals surface area contributed by atoms with Gasteiger partial charge in [0, 0.05) is 15.6 Å². The van der Waals surface area contributed by atoms with Crippen LogP contribution in [0.4, 0.5) is 4.39 Å². The molecule has 1 aliphatic rings. The maximum absolute atomic E-state index is 14.6. The monoisotopic (exact) mass is 433 g/mol. The van der Waals surface area contributed by atoms with Crippen LogP contribution in [0.15, 0.2) is 22.7 Å². The van der Waals surface area contributed by atoms with Crippen LogP contribution >= 0.6 is 15.9 Å². The van der Waals surface area contributed by atoms with E-state index in [9.17, 15) is 12.8 Å². The van der Waals surface area contributed by atoms with Crippen LogP contribution in [0.2, 0.25) is 0 Å². The smallest absolute Gasteiger partial charge is 0.164 e. The number of rotatable bonds is 4. The second-order valence-corrected chi connectivity index (χ2v) is 11.2. The van der Waals surface area contributed by atoms with Gasteiger partial charge in [0.15, 0.2) is 9.84 Å². The van der Waals surface area contributed by atoms with Gasteiger partial charge in [-0.25, -0.2) is 12.8 Å². The van der Waals surface area contributed by atoms with Crippen molar-refractivity contribution in [1.82, 2.24) is 0 Å². The fourth-order valence-corrected chi connectivity index (χ4v) is 6.17. The van der Waals surface area contributed by atoms with Crippen molar-refractivity contribution < 1.29 is 17.5 Å². The van der Waals surface area contributed by atoms with Crippen molar-refractivity contribution in [3.8, 4) is 0 Å². The van der Waals surface area contributed by atoms with Crippen molar-refractivity contribution >= 4 is 31.5 Å². The highest BCUT2D eigenvalue weighted by atomic mass is 79.9. The molecule has 0 aromatic heterocycles. The van der Waals surface area contributed by atoms with Crippen LogP contribution in [0.3, 0.4) is 0 Å². The van der Waals surface area contributed by atoms with E-state index >= 15 is 0 Å². The van der Waals surface area contributed by atoms with Gasteiger partial charge < -0.3 is 10.1 Å². The molecule has 4 nitrogen and oxygen atoms in total. The van der Waals surface area contributed by atoms with Crippen molar-refractivity contribution in [1.29, 1.82) is 5.41 Å². The van der Waals surface area contributed by atoms with Crippen LogP contribution < -0.4 is 0 Å². The second kappa shape index (κ2) is 6.74. The molecular formula is C18H25BrFNO3S. The zero-order valence-corrected chi connectivity index (χ0v) is 17.6. The van der Waals surface area contributed by atoms with E-state index in [0.717, 1.165) is 0 Å². The predicted octanol–water partition coefficient (Wildman–Crippen LogP) is 4.26. The number of hydrogen-bond donors (Lipinski definition) is 1. The molecule has 1 aromatic rings. The fraction of sp³-hybridized carbons (Fsp3) is 0.611. The average molecular weight is 434 g/mol. The second-order valence-electron chi connectivity index (χ2n) is 7.57. The highest BCUT2D eigenvalue weighted by Gasteiger charge is 2.54. The maximum Gasteiger partial charge on any atom is 0.164 e. The van der Waals surface area contributed by atoms with E-state index in [-0.39, 0.29) is 24.8 Å². The third-order valence-corrected chi connectivity index (χ3v) is 9.14. The Morgan fingerprint density at radius 1 is 1.44 bits per heavy atom. The van der Waals surface area contributed by atoms with Gasteiger partial charge in [0.25, 0.3) is 0 Å². The molecule has 1 aliphatic heterocycles. The Morgan fingerprint density at radius 3 is 2.60 bits per heavy atom. The van der Waals surface area contributed by atoms with Gasteiger partial charge in [-0.2, -0.15) is 0 Å². The Bertz CT molecular complexity index is 794. The molecule has 1 fully saturated rings. The molecule has 2 rings (SSSR count). The minimum absolute atomic E-state index is 0.0729. The molecule has 1 aromatic carbocycles. The lowest BCUT2D eigenvalue weighted by atomic mass is 9.76. The number of ether oxygens (including phenoxy) is 1. The molecule has 0 bridgehead atoms. The van der Waals surface area contributed by atoms with E-state index in [1.807, 2.05) is 6.92 Å². The SMILES string of the molecule is CC(=N)C(C)(C)S(=O)(=O)C1CC(C)OCC1(C)c1cc(Br)ccc1F. The van der Waals surface area contributed by atoms with Crippen molar-refractivity contribution in [3.05, 3.63) is 34.1 Å². The highest BCUT2D eigenvalue weighted by Crippen LogP contribution is 2.44. The summed E-state index contributed by atoms with van der Waals surface area (Å²) in [7, 11) is -3.77. The summed E-state index contributed by atoms with van der Waals surface area (Å²) in [6.07, 6.45) is 0.0199. The molecule has 25 heavy (non-hydrogen) atoms. The summed E-state index contributed by atoms with van der Waals surface area (Å²) in [5.41, 5.74) is -0.643. The average Bonchev–Trinajstić information content (AvgIpc) is 2.51. The van der Waals surface area contributed by atoms with Crippen LogP contribution in [-0.2, 0) is 20.0 Å². The van der Waals surface area contributed by atoms with E-state index in [1.54, 1.807) is 32.9 Å². The maximum atomic E-state index is 14.6. The van der Waals surface area contributed by atoms with Crippen molar-refractivity contribution in [2.24, 2.45) is 0 Å². The molecule has 140 valence electrons. The first-order valence-electron chi connectivity index (χ1n) is 8.20. The van der Waals surface area contributed by atoms with Gasteiger partial charge in [0.2, 0.25) is 0 Å². The summed E-state index contributed by atoms with van der Waals surface area (Å²) in [6.45, 7) is 8.26. The first kappa shape index (κ1) is 20.5. The van der Waals surface area contributed by atoms with Crippen LogP contribution in [-0.4, -0.2) is 36.8 Å². The van der Waals surface area contributed by atoms with Gasteiger partial charge >= 0.3 is 0 Å². The molecular weight excluding hydrogens is 409 g/mol. The van der Waals surface area contributed by atoms with E-state index in [1.165, 1.54) is 13.0 Å². The van der Waals surface area contributed by atoms with Crippen molar-refractivity contribution in [2.45, 2.75) is 62.6 Å². The molecule has 0 aliphatic carbocycles. The summed E-state index contributed by atoms with van der Waals surface area (Å²) in [6, 6.07) is 4.55. The number of hydrogen-bond acceptors (Lipinski definition) is 4. The fourth-order valence-electron chi connectivity index (χ4n) is 3.26. The molecule has 1 N–H and O–H groups in total. The normalized spacial score (nSPS) is 28.0. The summed E-state index contributed by atoms with van der Waals surface area (Å²) >= 11 is 3.34. The van der Waals surface area contributed by atoms with Crippen LogP contribution in [0.5, 0.6) is 0 Å². The standard InChI is InChI=1S/C18H25BrFNO3S/c1-11-8-16(25(22,23)17(3,4)12(2)21)18(5,10-24-11)14-9-13(19)6-7-15(14)20/h6-7,9,11,16,21H,8,10H2,1-5H3.